The van der Waals surface area contributed by atoms with Crippen molar-refractivity contribution in [3.8, 4) is 5.75 Å². The van der Waals surface area contributed by atoms with E-state index in [9.17, 15) is 9.18 Å². The van der Waals surface area contributed by atoms with E-state index in [0.29, 0.717) is 16.3 Å². The lowest BCUT2D eigenvalue weighted by molar-refractivity contribution is 0.103. The SMILES string of the molecule is COc1ccc(F)cc1C(=O)c1ccc(I)c(Cl)c1. The van der Waals surface area contributed by atoms with E-state index in [2.05, 4.69) is 22.6 Å². The molecule has 0 radical (unpaired) electrons. The molecule has 2 aromatic carbocycles. The predicted molar refractivity (Wildman–Crippen MR) is 80.6 cm³/mol. The first-order valence-corrected chi connectivity index (χ1v) is 6.82. The van der Waals surface area contributed by atoms with Gasteiger partial charge in [-0.2, -0.15) is 0 Å². The maximum absolute atomic E-state index is 13.3. The molecule has 0 spiro atoms. The summed E-state index contributed by atoms with van der Waals surface area (Å²) in [7, 11) is 1.44. The van der Waals surface area contributed by atoms with Crippen LogP contribution in [0.1, 0.15) is 15.9 Å². The van der Waals surface area contributed by atoms with E-state index in [1.54, 1.807) is 18.2 Å². The maximum Gasteiger partial charge on any atom is 0.196 e. The Morgan fingerprint density at radius 1 is 1.26 bits per heavy atom. The fourth-order valence-corrected chi connectivity index (χ4v) is 2.17. The highest BCUT2D eigenvalue weighted by molar-refractivity contribution is 14.1. The van der Waals surface area contributed by atoms with E-state index in [1.807, 2.05) is 0 Å². The molecule has 5 heteroatoms. The van der Waals surface area contributed by atoms with Crippen LogP contribution in [0.2, 0.25) is 5.02 Å². The Morgan fingerprint density at radius 2 is 2.00 bits per heavy atom. The lowest BCUT2D eigenvalue weighted by atomic mass is 10.0. The lowest BCUT2D eigenvalue weighted by Crippen LogP contribution is -2.05. The Kier molecular flexibility index (Phi) is 4.42. The summed E-state index contributed by atoms with van der Waals surface area (Å²) in [6, 6.07) is 8.79. The topological polar surface area (TPSA) is 26.3 Å². The molecule has 2 rings (SSSR count). The van der Waals surface area contributed by atoms with Crippen LogP contribution in [0.4, 0.5) is 4.39 Å². The zero-order valence-corrected chi connectivity index (χ0v) is 12.8. The zero-order valence-electron chi connectivity index (χ0n) is 9.91. The van der Waals surface area contributed by atoms with Crippen LogP contribution in [0, 0.1) is 9.39 Å². The van der Waals surface area contributed by atoms with E-state index in [1.165, 1.54) is 19.2 Å². The Hall–Kier alpha value is -1.14. The van der Waals surface area contributed by atoms with Crippen molar-refractivity contribution in [2.24, 2.45) is 0 Å². The van der Waals surface area contributed by atoms with Gasteiger partial charge in [-0.3, -0.25) is 4.79 Å². The third-order valence-corrected chi connectivity index (χ3v) is 4.16. The van der Waals surface area contributed by atoms with Crippen LogP contribution in [0.3, 0.4) is 0 Å². The monoisotopic (exact) mass is 390 g/mol. The number of hydrogen-bond donors (Lipinski definition) is 0. The van der Waals surface area contributed by atoms with Crippen molar-refractivity contribution in [3.05, 3.63) is 61.9 Å². The molecular weight excluding hydrogens is 382 g/mol. The predicted octanol–water partition coefficient (Wildman–Crippen LogP) is 4.32. The third-order valence-electron chi connectivity index (χ3n) is 2.59. The lowest BCUT2D eigenvalue weighted by Gasteiger charge is -2.08. The summed E-state index contributed by atoms with van der Waals surface area (Å²) in [5.74, 6) is -0.475. The highest BCUT2D eigenvalue weighted by Gasteiger charge is 2.16. The molecule has 0 atom stereocenters. The van der Waals surface area contributed by atoms with Crippen molar-refractivity contribution in [2.45, 2.75) is 0 Å². The average Bonchev–Trinajstić information content (AvgIpc) is 2.41. The molecule has 0 saturated heterocycles. The van der Waals surface area contributed by atoms with Crippen molar-refractivity contribution < 1.29 is 13.9 Å². The molecule has 2 aromatic rings. The summed E-state index contributed by atoms with van der Waals surface area (Å²) in [5.41, 5.74) is 0.578. The van der Waals surface area contributed by atoms with Gasteiger partial charge in [-0.1, -0.05) is 11.6 Å². The van der Waals surface area contributed by atoms with E-state index >= 15 is 0 Å². The summed E-state index contributed by atoms with van der Waals surface area (Å²) in [6.45, 7) is 0. The second-order valence-corrected chi connectivity index (χ2v) is 5.37. The van der Waals surface area contributed by atoms with Crippen molar-refractivity contribution in [1.82, 2.24) is 0 Å². The highest BCUT2D eigenvalue weighted by atomic mass is 127. The van der Waals surface area contributed by atoms with Crippen LogP contribution in [0.25, 0.3) is 0 Å². The number of carbonyl (C=O) groups is 1. The van der Waals surface area contributed by atoms with Crippen LogP contribution < -0.4 is 4.74 Å². The Labute approximate surface area is 128 Å². The minimum atomic E-state index is -0.485. The molecule has 0 N–H and O–H groups in total. The first kappa shape index (κ1) is 14.3. The molecule has 0 aliphatic carbocycles. The molecule has 0 aliphatic heterocycles. The van der Waals surface area contributed by atoms with Crippen LogP contribution >= 0.6 is 34.2 Å². The third kappa shape index (κ3) is 3.06. The van der Waals surface area contributed by atoms with Gasteiger partial charge in [0.1, 0.15) is 11.6 Å². The number of rotatable bonds is 3. The maximum atomic E-state index is 13.3. The van der Waals surface area contributed by atoms with Gasteiger partial charge in [0.15, 0.2) is 5.78 Å². The normalized spacial score (nSPS) is 10.3. The van der Waals surface area contributed by atoms with E-state index < -0.39 is 5.82 Å². The number of benzene rings is 2. The van der Waals surface area contributed by atoms with Crippen LogP contribution in [0.5, 0.6) is 5.75 Å². The molecule has 19 heavy (non-hydrogen) atoms. The van der Waals surface area contributed by atoms with Gasteiger partial charge in [-0.25, -0.2) is 4.39 Å². The minimum Gasteiger partial charge on any atom is -0.496 e. The van der Waals surface area contributed by atoms with Crippen LogP contribution in [-0.4, -0.2) is 12.9 Å². The number of carbonyl (C=O) groups excluding carboxylic acids is 1. The second-order valence-electron chi connectivity index (χ2n) is 3.80. The van der Waals surface area contributed by atoms with Gasteiger partial charge >= 0.3 is 0 Å². The smallest absolute Gasteiger partial charge is 0.196 e. The standard InChI is InChI=1S/C14H9ClFIO2/c1-19-13-5-3-9(16)7-10(13)14(18)8-2-4-12(17)11(15)6-8/h2-7H,1H3. The number of ether oxygens (including phenoxy) is 1. The summed E-state index contributed by atoms with van der Waals surface area (Å²) in [6.07, 6.45) is 0. The number of methoxy groups -OCH3 is 1. The van der Waals surface area contributed by atoms with Crippen LogP contribution in [0.15, 0.2) is 36.4 Å². The van der Waals surface area contributed by atoms with Crippen LogP contribution in [-0.2, 0) is 0 Å². The molecule has 0 unspecified atom stereocenters. The quantitative estimate of drug-likeness (QED) is 0.576. The zero-order chi connectivity index (χ0) is 14.0. The number of ketones is 1. The Morgan fingerprint density at radius 3 is 2.63 bits per heavy atom. The molecule has 0 bridgehead atoms. The van der Waals surface area contributed by atoms with Crippen molar-refractivity contribution >= 4 is 40.0 Å². The number of hydrogen-bond acceptors (Lipinski definition) is 2. The molecule has 98 valence electrons. The van der Waals surface area contributed by atoms with Crippen molar-refractivity contribution in [1.29, 1.82) is 0 Å². The highest BCUT2D eigenvalue weighted by Crippen LogP contribution is 2.25. The van der Waals surface area contributed by atoms with Gasteiger partial charge in [0.25, 0.3) is 0 Å². The van der Waals surface area contributed by atoms with E-state index in [0.717, 1.165) is 9.64 Å². The molecule has 0 amide bonds. The summed E-state index contributed by atoms with van der Waals surface area (Å²) >= 11 is 8.06. The fourth-order valence-electron chi connectivity index (χ4n) is 1.65. The first-order valence-electron chi connectivity index (χ1n) is 5.36. The molecule has 0 fully saturated rings. The van der Waals surface area contributed by atoms with Gasteiger partial charge in [-0.05, 0) is 59.0 Å². The molecule has 2 nitrogen and oxygen atoms in total. The summed E-state index contributed by atoms with van der Waals surface area (Å²) < 4.78 is 19.2. The molecule has 0 heterocycles. The second kappa shape index (κ2) is 5.88. The summed E-state index contributed by atoms with van der Waals surface area (Å²) in [5, 5.41) is 0.488. The summed E-state index contributed by atoms with van der Waals surface area (Å²) in [4.78, 5) is 12.3. The largest absolute Gasteiger partial charge is 0.496 e. The van der Waals surface area contributed by atoms with Gasteiger partial charge in [-0.15, -0.1) is 0 Å². The fraction of sp³-hybridized carbons (Fsp3) is 0.0714. The Bertz CT molecular complexity index is 643. The van der Waals surface area contributed by atoms with Crippen molar-refractivity contribution in [2.75, 3.05) is 7.11 Å². The average molecular weight is 391 g/mol. The van der Waals surface area contributed by atoms with Gasteiger partial charge in [0, 0.05) is 9.13 Å². The molecule has 0 aromatic heterocycles. The molecule has 0 saturated carbocycles. The first-order chi connectivity index (χ1) is 9.02. The molecule has 0 aliphatic rings. The minimum absolute atomic E-state index is 0.180. The van der Waals surface area contributed by atoms with E-state index in [4.69, 9.17) is 16.3 Å². The van der Waals surface area contributed by atoms with Gasteiger partial charge in [0.2, 0.25) is 0 Å². The Balaban J connectivity index is 2.49. The van der Waals surface area contributed by atoms with E-state index in [-0.39, 0.29) is 11.3 Å². The van der Waals surface area contributed by atoms with Gasteiger partial charge < -0.3 is 4.74 Å². The number of halogens is 3. The van der Waals surface area contributed by atoms with Crippen molar-refractivity contribution in [3.63, 3.8) is 0 Å². The molecular formula is C14H9ClFIO2. The van der Waals surface area contributed by atoms with Gasteiger partial charge in [0.05, 0.1) is 17.7 Å².